The Labute approximate surface area is 223 Å². The molecular formula is C29H24N4O4S. The van der Waals surface area contributed by atoms with Crippen molar-refractivity contribution >= 4 is 34.8 Å². The lowest BCUT2D eigenvalue weighted by molar-refractivity contribution is -0.123. The standard InChI is InChI=1S/C29H24N4O4S/c1-2-20-12-14-22(15-13-20)36-19-26(34)32-30-18-23-16-17-27(37-23)38-29-31-25-11-7-6-10-24(25)28(35)33(29)21-8-4-3-5-9-21/h3-18H,2,19H2,1H3,(H,32,34). The van der Waals surface area contributed by atoms with Gasteiger partial charge in [0, 0.05) is 0 Å². The number of fused-ring (bicyclic) bond motifs is 1. The molecule has 5 aromatic rings. The van der Waals surface area contributed by atoms with Crippen molar-refractivity contribution in [2.45, 2.75) is 23.6 Å². The van der Waals surface area contributed by atoms with Crippen molar-refractivity contribution in [1.82, 2.24) is 15.0 Å². The first-order valence-electron chi connectivity index (χ1n) is 12.0. The molecule has 2 heterocycles. The Morgan fingerprint density at radius 2 is 1.79 bits per heavy atom. The molecule has 0 aliphatic rings. The van der Waals surface area contributed by atoms with E-state index in [-0.39, 0.29) is 12.2 Å². The summed E-state index contributed by atoms with van der Waals surface area (Å²) in [5.74, 6) is 0.651. The molecule has 38 heavy (non-hydrogen) atoms. The van der Waals surface area contributed by atoms with Gasteiger partial charge in [-0.3, -0.25) is 14.2 Å². The smallest absolute Gasteiger partial charge is 0.277 e. The number of aryl methyl sites for hydroxylation is 1. The van der Waals surface area contributed by atoms with Crippen LogP contribution in [0.15, 0.2) is 116 Å². The number of hydrogen-bond acceptors (Lipinski definition) is 7. The fourth-order valence-corrected chi connectivity index (χ4v) is 4.58. The number of aromatic nitrogens is 2. The Morgan fingerprint density at radius 3 is 2.58 bits per heavy atom. The molecule has 0 spiro atoms. The number of rotatable bonds is 9. The third-order valence-corrected chi connectivity index (χ3v) is 6.51. The summed E-state index contributed by atoms with van der Waals surface area (Å²) in [6, 6.07) is 27.6. The van der Waals surface area contributed by atoms with Crippen molar-refractivity contribution in [3.8, 4) is 11.4 Å². The lowest BCUT2D eigenvalue weighted by Gasteiger charge is -2.12. The molecule has 0 unspecified atom stereocenters. The number of ether oxygens (including phenoxy) is 1. The summed E-state index contributed by atoms with van der Waals surface area (Å²) >= 11 is 1.22. The molecule has 0 saturated heterocycles. The third-order valence-electron chi connectivity index (χ3n) is 5.64. The van der Waals surface area contributed by atoms with Gasteiger partial charge >= 0.3 is 0 Å². The van der Waals surface area contributed by atoms with Gasteiger partial charge in [-0.25, -0.2) is 10.4 Å². The number of nitrogens with zero attached hydrogens (tertiary/aromatic N) is 3. The second kappa shape index (κ2) is 11.6. The second-order valence-corrected chi connectivity index (χ2v) is 9.20. The number of carbonyl (C=O) groups excluding carboxylic acids is 1. The van der Waals surface area contributed by atoms with Crippen LogP contribution in [0.5, 0.6) is 5.75 Å². The topological polar surface area (TPSA) is 98.7 Å². The van der Waals surface area contributed by atoms with Gasteiger partial charge < -0.3 is 9.15 Å². The molecule has 9 heteroatoms. The van der Waals surface area contributed by atoms with Crippen molar-refractivity contribution in [3.63, 3.8) is 0 Å². The first kappa shape index (κ1) is 25.0. The number of nitrogens with one attached hydrogen (secondary N) is 1. The molecule has 5 rings (SSSR count). The fraction of sp³-hybridized carbons (Fsp3) is 0.103. The molecule has 1 N–H and O–H groups in total. The van der Waals surface area contributed by atoms with E-state index in [4.69, 9.17) is 14.1 Å². The Kier molecular flexibility index (Phi) is 7.65. The van der Waals surface area contributed by atoms with E-state index in [9.17, 15) is 9.59 Å². The van der Waals surface area contributed by atoms with E-state index in [1.54, 1.807) is 22.8 Å². The Bertz CT molecular complexity index is 1640. The Morgan fingerprint density at radius 1 is 1.03 bits per heavy atom. The van der Waals surface area contributed by atoms with Crippen LogP contribution in [0.3, 0.4) is 0 Å². The number of furan rings is 1. The number of hydrazone groups is 1. The summed E-state index contributed by atoms with van der Waals surface area (Å²) in [5, 5.41) is 5.46. The van der Waals surface area contributed by atoms with Crippen LogP contribution < -0.4 is 15.7 Å². The molecule has 0 aliphatic carbocycles. The minimum absolute atomic E-state index is 0.160. The molecule has 0 radical (unpaired) electrons. The van der Waals surface area contributed by atoms with Crippen molar-refractivity contribution in [2.75, 3.05) is 6.61 Å². The Hall–Kier alpha value is -4.63. The third kappa shape index (κ3) is 5.84. The second-order valence-electron chi connectivity index (χ2n) is 8.23. The molecule has 3 aromatic carbocycles. The largest absolute Gasteiger partial charge is 0.484 e. The van der Waals surface area contributed by atoms with Gasteiger partial charge in [-0.2, -0.15) is 5.10 Å². The molecule has 0 bridgehead atoms. The number of amides is 1. The monoisotopic (exact) mass is 524 g/mol. The van der Waals surface area contributed by atoms with Crippen LogP contribution >= 0.6 is 11.8 Å². The fourth-order valence-electron chi connectivity index (χ4n) is 3.70. The van der Waals surface area contributed by atoms with Crippen molar-refractivity contribution in [2.24, 2.45) is 5.10 Å². The lowest BCUT2D eigenvalue weighted by atomic mass is 10.2. The van der Waals surface area contributed by atoms with Gasteiger partial charge in [-0.1, -0.05) is 49.4 Å². The van der Waals surface area contributed by atoms with Crippen molar-refractivity contribution in [3.05, 3.63) is 113 Å². The van der Waals surface area contributed by atoms with Gasteiger partial charge in [0.05, 0.1) is 22.8 Å². The predicted molar refractivity (Wildman–Crippen MR) is 147 cm³/mol. The van der Waals surface area contributed by atoms with Gasteiger partial charge in [0.2, 0.25) is 0 Å². The van der Waals surface area contributed by atoms with Crippen molar-refractivity contribution < 1.29 is 13.9 Å². The highest BCUT2D eigenvalue weighted by Crippen LogP contribution is 2.29. The molecule has 0 atom stereocenters. The molecule has 0 fully saturated rings. The van der Waals surface area contributed by atoms with E-state index in [0.717, 1.165) is 6.42 Å². The summed E-state index contributed by atoms with van der Waals surface area (Å²) in [6.07, 6.45) is 2.34. The molecule has 190 valence electrons. The number of benzene rings is 3. The highest BCUT2D eigenvalue weighted by Gasteiger charge is 2.15. The molecule has 1 amide bonds. The van der Waals surface area contributed by atoms with E-state index < -0.39 is 5.91 Å². The van der Waals surface area contributed by atoms with Crippen molar-refractivity contribution in [1.29, 1.82) is 0 Å². The summed E-state index contributed by atoms with van der Waals surface area (Å²) < 4.78 is 12.9. The zero-order chi connectivity index (χ0) is 26.3. The van der Waals surface area contributed by atoms with Gasteiger partial charge in [-0.15, -0.1) is 0 Å². The summed E-state index contributed by atoms with van der Waals surface area (Å²) in [6.45, 7) is 1.91. The summed E-state index contributed by atoms with van der Waals surface area (Å²) in [7, 11) is 0. The van der Waals surface area contributed by atoms with Crippen LogP contribution in [-0.2, 0) is 11.2 Å². The minimum atomic E-state index is -0.394. The van der Waals surface area contributed by atoms with E-state index >= 15 is 0 Å². The Balaban J connectivity index is 1.27. The quantitative estimate of drug-likeness (QED) is 0.161. The zero-order valence-electron chi connectivity index (χ0n) is 20.5. The summed E-state index contributed by atoms with van der Waals surface area (Å²) in [5.41, 5.74) is 4.77. The first-order valence-corrected chi connectivity index (χ1v) is 12.8. The zero-order valence-corrected chi connectivity index (χ0v) is 21.4. The van der Waals surface area contributed by atoms with Crippen LogP contribution in [0.1, 0.15) is 18.2 Å². The number of carbonyl (C=O) groups is 1. The van der Waals surface area contributed by atoms with Crippen LogP contribution in [0.4, 0.5) is 0 Å². The van der Waals surface area contributed by atoms with E-state index in [1.165, 1.54) is 23.5 Å². The molecule has 8 nitrogen and oxygen atoms in total. The number of para-hydroxylation sites is 2. The summed E-state index contributed by atoms with van der Waals surface area (Å²) in [4.78, 5) is 30.1. The molecule has 0 aliphatic heterocycles. The first-order chi connectivity index (χ1) is 18.6. The lowest BCUT2D eigenvalue weighted by Crippen LogP contribution is -2.24. The van der Waals surface area contributed by atoms with Gasteiger partial charge in [0.15, 0.2) is 16.9 Å². The van der Waals surface area contributed by atoms with Gasteiger partial charge in [0.25, 0.3) is 11.5 Å². The maximum Gasteiger partial charge on any atom is 0.277 e. The predicted octanol–water partition coefficient (Wildman–Crippen LogP) is 5.22. The van der Waals surface area contributed by atoms with E-state index in [2.05, 4.69) is 17.5 Å². The maximum atomic E-state index is 13.3. The van der Waals surface area contributed by atoms with E-state index in [0.29, 0.717) is 38.3 Å². The molecular weight excluding hydrogens is 500 g/mol. The minimum Gasteiger partial charge on any atom is -0.484 e. The van der Waals surface area contributed by atoms with Crippen LogP contribution in [0, 0.1) is 0 Å². The highest BCUT2D eigenvalue weighted by atomic mass is 32.2. The number of hydrogen-bond donors (Lipinski definition) is 1. The molecule has 0 saturated carbocycles. The molecule has 2 aromatic heterocycles. The average molecular weight is 525 g/mol. The SMILES string of the molecule is CCc1ccc(OCC(=O)NN=Cc2ccc(Sc3nc4ccccc4c(=O)n3-c3ccccc3)o2)cc1. The van der Waals surface area contributed by atoms with Crippen LogP contribution in [0.2, 0.25) is 0 Å². The highest BCUT2D eigenvalue weighted by molar-refractivity contribution is 7.99. The van der Waals surface area contributed by atoms with Crippen LogP contribution in [0.25, 0.3) is 16.6 Å². The normalized spacial score (nSPS) is 11.2. The average Bonchev–Trinajstić information content (AvgIpc) is 3.40. The van der Waals surface area contributed by atoms with E-state index in [1.807, 2.05) is 72.8 Å². The van der Waals surface area contributed by atoms with Gasteiger partial charge in [0.1, 0.15) is 11.5 Å². The van der Waals surface area contributed by atoms with Gasteiger partial charge in [-0.05, 0) is 72.3 Å². The maximum absolute atomic E-state index is 13.3. The van der Waals surface area contributed by atoms with Crippen LogP contribution in [-0.4, -0.2) is 28.3 Å².